The lowest BCUT2D eigenvalue weighted by Crippen LogP contribution is -2.17. The molecular weight excluding hydrogens is 450 g/mol. The van der Waals surface area contributed by atoms with Crippen molar-refractivity contribution < 1.29 is 13.5 Å². The molecule has 3 heteroatoms. The molecule has 2 aromatic rings. The molecule has 0 spiro atoms. The summed E-state index contributed by atoms with van der Waals surface area (Å²) in [5.74, 6) is 1.62. The highest BCUT2D eigenvalue weighted by Gasteiger charge is 2.25. The van der Waals surface area contributed by atoms with Crippen LogP contribution in [0.15, 0.2) is 48.6 Å². The molecule has 2 aliphatic rings. The summed E-state index contributed by atoms with van der Waals surface area (Å²) in [6.45, 7) is 4.19. The number of ether oxygens (including phenoxy) is 1. The lowest BCUT2D eigenvalue weighted by molar-refractivity contribution is 0.225. The predicted molar refractivity (Wildman–Crippen MR) is 146 cm³/mol. The second kappa shape index (κ2) is 13.4. The Labute approximate surface area is 217 Å². The summed E-state index contributed by atoms with van der Waals surface area (Å²) in [5, 5.41) is 0. The second-order valence-corrected chi connectivity index (χ2v) is 11.1. The Morgan fingerprint density at radius 1 is 0.750 bits per heavy atom. The highest BCUT2D eigenvalue weighted by molar-refractivity contribution is 5.65. The van der Waals surface area contributed by atoms with Crippen LogP contribution >= 0.6 is 0 Å². The molecule has 196 valence electrons. The maximum Gasteiger partial charge on any atom is 0.201 e. The average molecular weight is 495 g/mol. The number of halogens is 2. The molecule has 2 aliphatic carbocycles. The zero-order valence-electron chi connectivity index (χ0n) is 22.3. The van der Waals surface area contributed by atoms with Crippen LogP contribution in [0, 0.1) is 29.4 Å². The van der Waals surface area contributed by atoms with E-state index in [1.807, 2.05) is 12.1 Å². The van der Waals surface area contributed by atoms with Crippen LogP contribution in [0.2, 0.25) is 0 Å². The zero-order chi connectivity index (χ0) is 25.3. The normalized spacial score (nSPS) is 24.8. The molecule has 2 saturated carbocycles. The van der Waals surface area contributed by atoms with Gasteiger partial charge >= 0.3 is 0 Å². The van der Waals surface area contributed by atoms with Gasteiger partial charge in [-0.05, 0) is 99.3 Å². The molecular formula is C33H44F2O. The lowest BCUT2D eigenvalue weighted by atomic mass is 9.74. The maximum absolute atomic E-state index is 14.6. The highest BCUT2D eigenvalue weighted by Crippen LogP contribution is 2.41. The minimum atomic E-state index is -0.908. The first-order valence-corrected chi connectivity index (χ1v) is 14.4. The van der Waals surface area contributed by atoms with Gasteiger partial charge in [-0.25, -0.2) is 4.39 Å². The summed E-state index contributed by atoms with van der Waals surface area (Å²) in [6.07, 6.45) is 20.9. The first-order valence-electron chi connectivity index (χ1n) is 14.4. The topological polar surface area (TPSA) is 9.23 Å². The van der Waals surface area contributed by atoms with Crippen molar-refractivity contribution in [3.05, 3.63) is 65.7 Å². The molecule has 4 rings (SSSR count). The molecule has 0 atom stereocenters. The van der Waals surface area contributed by atoms with Crippen molar-refractivity contribution in [2.75, 3.05) is 6.61 Å². The molecule has 0 aromatic heterocycles. The summed E-state index contributed by atoms with van der Waals surface area (Å²) in [4.78, 5) is 0. The fourth-order valence-corrected chi connectivity index (χ4v) is 6.52. The van der Waals surface area contributed by atoms with E-state index < -0.39 is 11.6 Å². The Morgan fingerprint density at radius 3 is 1.92 bits per heavy atom. The third kappa shape index (κ3) is 6.99. The van der Waals surface area contributed by atoms with Gasteiger partial charge in [0.15, 0.2) is 11.6 Å². The van der Waals surface area contributed by atoms with Crippen molar-refractivity contribution in [1.29, 1.82) is 0 Å². The summed E-state index contributed by atoms with van der Waals surface area (Å²) < 4.78 is 34.1. The minimum absolute atomic E-state index is 0.0279. The van der Waals surface area contributed by atoms with Crippen molar-refractivity contribution in [2.24, 2.45) is 17.8 Å². The van der Waals surface area contributed by atoms with Crippen molar-refractivity contribution in [1.82, 2.24) is 0 Å². The van der Waals surface area contributed by atoms with Crippen LogP contribution < -0.4 is 4.74 Å². The van der Waals surface area contributed by atoms with E-state index in [2.05, 4.69) is 31.2 Å². The predicted octanol–water partition coefficient (Wildman–Crippen LogP) is 10.2. The quantitative estimate of drug-likeness (QED) is 0.299. The van der Waals surface area contributed by atoms with E-state index in [-0.39, 0.29) is 11.3 Å². The van der Waals surface area contributed by atoms with Crippen LogP contribution in [0.4, 0.5) is 8.78 Å². The molecule has 0 radical (unpaired) electrons. The molecule has 0 N–H and O–H groups in total. The standard InChI is InChI=1S/C33H44F2O/c1-3-5-6-7-24-8-10-25(11-9-24)12-13-26-14-16-27(17-15-26)28-18-20-29(21-19-28)30-22-23-31(36-4-2)33(35)32(30)34/h3,5,18-27H,4,6-17H2,1-2H3/b5-3+. The average Bonchev–Trinajstić information content (AvgIpc) is 2.92. The fourth-order valence-electron chi connectivity index (χ4n) is 6.52. The molecule has 0 amide bonds. The van der Waals surface area contributed by atoms with Gasteiger partial charge in [-0.3, -0.25) is 0 Å². The van der Waals surface area contributed by atoms with E-state index in [0.29, 0.717) is 18.1 Å². The Kier molecular flexibility index (Phi) is 10.0. The Bertz CT molecular complexity index is 964. The third-order valence-electron chi connectivity index (χ3n) is 8.81. The largest absolute Gasteiger partial charge is 0.491 e. The number of hydrogen-bond donors (Lipinski definition) is 0. The van der Waals surface area contributed by atoms with Crippen molar-refractivity contribution >= 4 is 0 Å². The van der Waals surface area contributed by atoms with Crippen LogP contribution in [-0.2, 0) is 0 Å². The molecule has 36 heavy (non-hydrogen) atoms. The minimum Gasteiger partial charge on any atom is -0.491 e. The zero-order valence-corrected chi connectivity index (χ0v) is 22.3. The molecule has 1 nitrogen and oxygen atoms in total. The first-order chi connectivity index (χ1) is 17.6. The van der Waals surface area contributed by atoms with Crippen molar-refractivity contribution in [3.8, 4) is 16.9 Å². The summed E-state index contributed by atoms with van der Waals surface area (Å²) in [7, 11) is 0. The number of allylic oxidation sites excluding steroid dienone is 2. The van der Waals surface area contributed by atoms with E-state index in [4.69, 9.17) is 4.74 Å². The molecule has 0 aliphatic heterocycles. The van der Waals surface area contributed by atoms with Crippen molar-refractivity contribution in [2.45, 2.75) is 96.8 Å². The van der Waals surface area contributed by atoms with E-state index in [1.165, 1.54) is 88.7 Å². The van der Waals surface area contributed by atoms with Gasteiger partial charge in [-0.2, -0.15) is 4.39 Å². The van der Waals surface area contributed by atoms with Gasteiger partial charge in [-0.15, -0.1) is 0 Å². The van der Waals surface area contributed by atoms with E-state index in [0.717, 1.165) is 17.8 Å². The van der Waals surface area contributed by atoms with E-state index in [9.17, 15) is 8.78 Å². The monoisotopic (exact) mass is 494 g/mol. The number of rotatable bonds is 10. The van der Waals surface area contributed by atoms with Crippen LogP contribution in [0.3, 0.4) is 0 Å². The molecule has 0 bridgehead atoms. The van der Waals surface area contributed by atoms with Crippen LogP contribution in [0.5, 0.6) is 5.75 Å². The van der Waals surface area contributed by atoms with Gasteiger partial charge in [0.25, 0.3) is 0 Å². The smallest absolute Gasteiger partial charge is 0.201 e. The second-order valence-electron chi connectivity index (χ2n) is 11.1. The van der Waals surface area contributed by atoms with Gasteiger partial charge in [0.05, 0.1) is 6.61 Å². The first kappa shape index (κ1) is 26.9. The Balaban J connectivity index is 1.22. The fraction of sp³-hybridized carbons (Fsp3) is 0.576. The summed E-state index contributed by atoms with van der Waals surface area (Å²) in [6, 6.07) is 11.2. The van der Waals surface area contributed by atoms with Gasteiger partial charge in [-0.1, -0.05) is 74.9 Å². The SMILES string of the molecule is C/C=C/CCC1CCC(CCC2CCC(c3ccc(-c4ccc(OCC)c(F)c4F)cc3)CC2)CC1. The summed E-state index contributed by atoms with van der Waals surface area (Å²) in [5.41, 5.74) is 2.33. The van der Waals surface area contributed by atoms with E-state index >= 15 is 0 Å². The van der Waals surface area contributed by atoms with Crippen LogP contribution in [-0.4, -0.2) is 6.61 Å². The lowest BCUT2D eigenvalue weighted by Gasteiger charge is -2.32. The van der Waals surface area contributed by atoms with Gasteiger partial charge in [0.1, 0.15) is 0 Å². The van der Waals surface area contributed by atoms with Crippen LogP contribution in [0.1, 0.15) is 102 Å². The van der Waals surface area contributed by atoms with Crippen molar-refractivity contribution in [3.63, 3.8) is 0 Å². The Hall–Kier alpha value is -2.16. The van der Waals surface area contributed by atoms with Gasteiger partial charge in [0.2, 0.25) is 5.82 Å². The van der Waals surface area contributed by atoms with Gasteiger partial charge in [0, 0.05) is 5.56 Å². The van der Waals surface area contributed by atoms with Gasteiger partial charge < -0.3 is 4.74 Å². The molecule has 0 unspecified atom stereocenters. The van der Waals surface area contributed by atoms with E-state index in [1.54, 1.807) is 13.0 Å². The molecule has 0 heterocycles. The molecule has 0 saturated heterocycles. The molecule has 2 aromatic carbocycles. The number of benzene rings is 2. The summed E-state index contributed by atoms with van der Waals surface area (Å²) >= 11 is 0. The third-order valence-corrected chi connectivity index (χ3v) is 8.81. The highest BCUT2D eigenvalue weighted by atomic mass is 19.2. The molecule has 2 fully saturated rings. The van der Waals surface area contributed by atoms with Crippen LogP contribution in [0.25, 0.3) is 11.1 Å². The Morgan fingerprint density at radius 2 is 1.33 bits per heavy atom. The number of hydrogen-bond acceptors (Lipinski definition) is 1. The maximum atomic E-state index is 14.6.